The lowest BCUT2D eigenvalue weighted by Crippen LogP contribution is -2.11. The lowest BCUT2D eigenvalue weighted by atomic mass is 10.1. The quantitative estimate of drug-likeness (QED) is 0.796. The Balaban J connectivity index is 1.91. The number of amides is 1. The van der Waals surface area contributed by atoms with Gasteiger partial charge in [0.15, 0.2) is 0 Å². The third kappa shape index (κ3) is 2.35. The molecule has 2 heterocycles. The molecule has 0 fully saturated rings. The largest absolute Gasteiger partial charge is 0.487 e. The third-order valence-electron chi connectivity index (χ3n) is 3.39. The molecular weight excluding hydrogens is 270 g/mol. The van der Waals surface area contributed by atoms with Crippen molar-refractivity contribution in [2.24, 2.45) is 12.8 Å². The summed E-state index contributed by atoms with van der Waals surface area (Å²) >= 11 is 0. The fourth-order valence-corrected chi connectivity index (χ4v) is 2.30. The van der Waals surface area contributed by atoms with Crippen molar-refractivity contribution in [3.05, 3.63) is 47.5 Å². The second-order valence-electron chi connectivity index (χ2n) is 4.79. The zero-order valence-electron chi connectivity index (χ0n) is 11.8. The highest BCUT2D eigenvalue weighted by Gasteiger charge is 2.16. The van der Waals surface area contributed by atoms with Gasteiger partial charge in [0.25, 0.3) is 5.91 Å². The highest BCUT2D eigenvalue weighted by molar-refractivity contribution is 6.06. The molecule has 0 atom stereocenters. The predicted octanol–water partition coefficient (Wildman–Crippen LogP) is 2.15. The zero-order valence-corrected chi connectivity index (χ0v) is 11.8. The van der Waals surface area contributed by atoms with Gasteiger partial charge in [0.1, 0.15) is 23.7 Å². The van der Waals surface area contributed by atoms with Crippen LogP contribution < -0.4 is 10.5 Å². The van der Waals surface area contributed by atoms with Crippen LogP contribution in [0.5, 0.6) is 5.75 Å². The van der Waals surface area contributed by atoms with Gasteiger partial charge in [-0.25, -0.2) is 0 Å². The SMILES string of the molecule is Cc1oc2ccc(OCc3ccnn3C)cc2c1C(N)=O. The number of carbonyl (C=O) groups is 1. The molecule has 2 aromatic heterocycles. The summed E-state index contributed by atoms with van der Waals surface area (Å²) in [6, 6.07) is 7.22. The van der Waals surface area contributed by atoms with E-state index in [1.165, 1.54) is 0 Å². The van der Waals surface area contributed by atoms with Crippen molar-refractivity contribution in [3.8, 4) is 5.75 Å². The summed E-state index contributed by atoms with van der Waals surface area (Å²) in [7, 11) is 1.85. The van der Waals surface area contributed by atoms with Gasteiger partial charge in [-0.1, -0.05) is 0 Å². The zero-order chi connectivity index (χ0) is 15.0. The van der Waals surface area contributed by atoms with Gasteiger partial charge in [-0.3, -0.25) is 9.48 Å². The molecule has 0 unspecified atom stereocenters. The number of primary amides is 1. The van der Waals surface area contributed by atoms with Crippen molar-refractivity contribution in [3.63, 3.8) is 0 Å². The van der Waals surface area contributed by atoms with E-state index in [-0.39, 0.29) is 0 Å². The number of benzene rings is 1. The monoisotopic (exact) mass is 285 g/mol. The molecule has 2 N–H and O–H groups in total. The minimum absolute atomic E-state index is 0.394. The lowest BCUT2D eigenvalue weighted by Gasteiger charge is -2.06. The number of hydrogen-bond acceptors (Lipinski definition) is 4. The molecule has 0 spiro atoms. The molecule has 1 amide bonds. The minimum atomic E-state index is -0.505. The topological polar surface area (TPSA) is 83.3 Å². The molecule has 6 heteroatoms. The number of nitrogens with two attached hydrogens (primary N) is 1. The molecule has 21 heavy (non-hydrogen) atoms. The molecule has 0 saturated carbocycles. The van der Waals surface area contributed by atoms with Crippen molar-refractivity contribution in [2.75, 3.05) is 0 Å². The highest BCUT2D eigenvalue weighted by atomic mass is 16.5. The number of fused-ring (bicyclic) bond motifs is 1. The number of carbonyl (C=O) groups excluding carboxylic acids is 1. The van der Waals surface area contributed by atoms with Crippen molar-refractivity contribution in [2.45, 2.75) is 13.5 Å². The fourth-order valence-electron chi connectivity index (χ4n) is 2.30. The van der Waals surface area contributed by atoms with Gasteiger partial charge in [0.2, 0.25) is 0 Å². The first-order valence-corrected chi connectivity index (χ1v) is 6.49. The Morgan fingerprint density at radius 2 is 2.24 bits per heavy atom. The molecular formula is C15H15N3O3. The molecule has 0 bridgehead atoms. The Kier molecular flexibility index (Phi) is 3.13. The van der Waals surface area contributed by atoms with Crippen molar-refractivity contribution in [1.82, 2.24) is 9.78 Å². The smallest absolute Gasteiger partial charge is 0.252 e. The maximum atomic E-state index is 11.5. The normalized spacial score (nSPS) is 11.0. The fraction of sp³-hybridized carbons (Fsp3) is 0.200. The van der Waals surface area contributed by atoms with E-state index < -0.39 is 5.91 Å². The summed E-state index contributed by atoms with van der Waals surface area (Å²) in [5.74, 6) is 0.656. The van der Waals surface area contributed by atoms with E-state index in [0.717, 1.165) is 5.69 Å². The van der Waals surface area contributed by atoms with Crippen molar-refractivity contribution < 1.29 is 13.9 Å². The Morgan fingerprint density at radius 3 is 2.90 bits per heavy atom. The average Bonchev–Trinajstić information content (AvgIpc) is 2.98. The second kappa shape index (κ2) is 4.97. The van der Waals surface area contributed by atoms with Crippen LogP contribution in [-0.2, 0) is 13.7 Å². The number of ether oxygens (including phenoxy) is 1. The number of aromatic nitrogens is 2. The standard InChI is InChI=1S/C15H15N3O3/c1-9-14(15(16)19)12-7-11(3-4-13(12)21-9)20-8-10-5-6-17-18(10)2/h3-7H,8H2,1-2H3,(H2,16,19). The number of nitrogens with zero attached hydrogens (tertiary/aromatic N) is 2. The maximum Gasteiger partial charge on any atom is 0.252 e. The molecule has 0 radical (unpaired) electrons. The number of hydrogen-bond donors (Lipinski definition) is 1. The first-order chi connectivity index (χ1) is 10.1. The first-order valence-electron chi connectivity index (χ1n) is 6.49. The average molecular weight is 285 g/mol. The molecule has 0 aliphatic heterocycles. The molecule has 3 aromatic rings. The predicted molar refractivity (Wildman–Crippen MR) is 77.0 cm³/mol. The van der Waals surface area contributed by atoms with Gasteiger partial charge in [0, 0.05) is 18.6 Å². The van der Waals surface area contributed by atoms with Crippen LogP contribution in [0, 0.1) is 6.92 Å². The number of furan rings is 1. The van der Waals surface area contributed by atoms with Crippen molar-refractivity contribution >= 4 is 16.9 Å². The van der Waals surface area contributed by atoms with Crippen molar-refractivity contribution in [1.29, 1.82) is 0 Å². The van der Waals surface area contributed by atoms with Crippen LogP contribution in [0.3, 0.4) is 0 Å². The van der Waals surface area contributed by atoms with E-state index in [0.29, 0.717) is 34.6 Å². The Bertz CT molecular complexity index is 817. The van der Waals surface area contributed by atoms with Crippen LogP contribution in [0.15, 0.2) is 34.9 Å². The first kappa shape index (κ1) is 13.2. The molecule has 3 rings (SSSR count). The molecule has 0 aliphatic rings. The van der Waals surface area contributed by atoms with Crippen LogP contribution in [0.2, 0.25) is 0 Å². The van der Waals surface area contributed by atoms with Gasteiger partial charge in [0.05, 0.1) is 11.3 Å². The summed E-state index contributed by atoms with van der Waals surface area (Å²) in [4.78, 5) is 11.5. The van der Waals surface area contributed by atoms with Gasteiger partial charge in [-0.15, -0.1) is 0 Å². The molecule has 0 aliphatic carbocycles. The molecule has 6 nitrogen and oxygen atoms in total. The van der Waals surface area contributed by atoms with Crippen LogP contribution >= 0.6 is 0 Å². The van der Waals surface area contributed by atoms with E-state index in [9.17, 15) is 4.79 Å². The van der Waals surface area contributed by atoms with Gasteiger partial charge in [-0.2, -0.15) is 5.10 Å². The third-order valence-corrected chi connectivity index (χ3v) is 3.39. The van der Waals surface area contributed by atoms with Crippen LogP contribution in [0.1, 0.15) is 21.8 Å². The van der Waals surface area contributed by atoms with Crippen LogP contribution in [0.4, 0.5) is 0 Å². The van der Waals surface area contributed by atoms with Gasteiger partial charge < -0.3 is 14.9 Å². The van der Waals surface area contributed by atoms with Crippen LogP contribution in [-0.4, -0.2) is 15.7 Å². The van der Waals surface area contributed by atoms with Gasteiger partial charge >= 0.3 is 0 Å². The summed E-state index contributed by atoms with van der Waals surface area (Å²) < 4.78 is 13.0. The summed E-state index contributed by atoms with van der Waals surface area (Å²) in [5.41, 5.74) is 7.37. The van der Waals surface area contributed by atoms with E-state index in [1.54, 1.807) is 36.0 Å². The van der Waals surface area contributed by atoms with Gasteiger partial charge in [-0.05, 0) is 31.2 Å². The summed E-state index contributed by atoms with van der Waals surface area (Å²) in [6.07, 6.45) is 1.71. The molecule has 1 aromatic carbocycles. The van der Waals surface area contributed by atoms with E-state index in [1.807, 2.05) is 13.1 Å². The van der Waals surface area contributed by atoms with E-state index >= 15 is 0 Å². The summed E-state index contributed by atoms with van der Waals surface area (Å²) in [6.45, 7) is 2.11. The Labute approximate surface area is 121 Å². The minimum Gasteiger partial charge on any atom is -0.487 e. The summed E-state index contributed by atoms with van der Waals surface area (Å²) in [5, 5.41) is 4.75. The van der Waals surface area contributed by atoms with E-state index in [2.05, 4.69) is 5.10 Å². The Morgan fingerprint density at radius 1 is 1.43 bits per heavy atom. The number of aryl methyl sites for hydroxylation is 2. The van der Waals surface area contributed by atoms with E-state index in [4.69, 9.17) is 14.9 Å². The van der Waals surface area contributed by atoms with Crippen LogP contribution in [0.25, 0.3) is 11.0 Å². The molecule has 108 valence electrons. The highest BCUT2D eigenvalue weighted by Crippen LogP contribution is 2.29. The number of rotatable bonds is 4. The Hall–Kier alpha value is -2.76. The maximum absolute atomic E-state index is 11.5. The second-order valence-corrected chi connectivity index (χ2v) is 4.79. The molecule has 0 saturated heterocycles. The lowest BCUT2D eigenvalue weighted by molar-refractivity contribution is 0.1000.